The van der Waals surface area contributed by atoms with Gasteiger partial charge in [-0.3, -0.25) is 0 Å². The third kappa shape index (κ3) is 3.61. The second kappa shape index (κ2) is 6.28. The van der Waals surface area contributed by atoms with Crippen LogP contribution < -0.4 is 5.32 Å². The average Bonchev–Trinajstić information content (AvgIpc) is 2.63. The van der Waals surface area contributed by atoms with Crippen LogP contribution in [0.1, 0.15) is 33.1 Å². The van der Waals surface area contributed by atoms with E-state index in [1.165, 1.54) is 12.8 Å². The largest absolute Gasteiger partial charge is 0.376 e. The summed E-state index contributed by atoms with van der Waals surface area (Å²) in [6, 6.07) is 0.437. The van der Waals surface area contributed by atoms with Gasteiger partial charge in [0.1, 0.15) is 0 Å². The van der Waals surface area contributed by atoms with E-state index in [-0.39, 0.29) is 0 Å². The molecule has 2 atom stereocenters. The summed E-state index contributed by atoms with van der Waals surface area (Å²) in [5, 5.41) is 4.14. The Balaban J connectivity index is 2.31. The van der Waals surface area contributed by atoms with Crippen LogP contribution in [0.25, 0.3) is 0 Å². The van der Waals surface area contributed by atoms with Crippen molar-refractivity contribution < 1.29 is 4.74 Å². The molecule has 0 spiro atoms. The molecule has 1 saturated heterocycles. The van der Waals surface area contributed by atoms with E-state index in [0.717, 1.165) is 24.7 Å². The lowest BCUT2D eigenvalue weighted by Crippen LogP contribution is -2.46. The number of nitrogens with one attached hydrogen (secondary N) is 1. The molecular weight excluding hydrogens is 208 g/mol. The molecule has 0 saturated carbocycles. The van der Waals surface area contributed by atoms with Gasteiger partial charge in [-0.25, -0.2) is 0 Å². The molecular formula is C11H22N2OS. The van der Waals surface area contributed by atoms with Crippen LogP contribution in [0.5, 0.6) is 0 Å². The third-order valence-electron chi connectivity index (χ3n) is 2.96. The van der Waals surface area contributed by atoms with Crippen molar-refractivity contribution >= 4 is 17.3 Å². The Labute approximate surface area is 98.2 Å². The highest BCUT2D eigenvalue weighted by molar-refractivity contribution is 7.80. The molecule has 1 fully saturated rings. The van der Waals surface area contributed by atoms with Crippen LogP contribution in [-0.2, 0) is 4.74 Å². The number of unbranched alkanes of at least 4 members (excludes halogenated alkanes) is 1. The molecule has 2 unspecified atom stereocenters. The standard InChI is InChI=1S/C11H22N2OS/c1-4-5-7-12-11(15)13(3)10-6-8-14-9(10)2/h9-10H,4-8H2,1-3H3,(H,12,15). The molecule has 3 nitrogen and oxygen atoms in total. The van der Waals surface area contributed by atoms with E-state index < -0.39 is 0 Å². The molecule has 0 amide bonds. The lowest BCUT2D eigenvalue weighted by molar-refractivity contribution is 0.0997. The number of hydrogen-bond acceptors (Lipinski definition) is 2. The van der Waals surface area contributed by atoms with Gasteiger partial charge in [-0.05, 0) is 32.0 Å². The molecule has 0 radical (unpaired) electrons. The van der Waals surface area contributed by atoms with Gasteiger partial charge in [-0.1, -0.05) is 13.3 Å². The third-order valence-corrected chi connectivity index (χ3v) is 3.39. The zero-order chi connectivity index (χ0) is 11.3. The summed E-state index contributed by atoms with van der Waals surface area (Å²) in [6.07, 6.45) is 3.74. The van der Waals surface area contributed by atoms with E-state index in [2.05, 4.69) is 31.1 Å². The maximum atomic E-state index is 5.53. The molecule has 1 heterocycles. The predicted molar refractivity (Wildman–Crippen MR) is 67.1 cm³/mol. The molecule has 4 heteroatoms. The van der Waals surface area contributed by atoms with Gasteiger partial charge >= 0.3 is 0 Å². The number of ether oxygens (including phenoxy) is 1. The first kappa shape index (κ1) is 12.7. The summed E-state index contributed by atoms with van der Waals surface area (Å²) >= 11 is 5.34. The van der Waals surface area contributed by atoms with Crippen molar-refractivity contribution in [2.24, 2.45) is 0 Å². The van der Waals surface area contributed by atoms with Crippen LogP contribution >= 0.6 is 12.2 Å². The molecule has 15 heavy (non-hydrogen) atoms. The van der Waals surface area contributed by atoms with Gasteiger partial charge in [0.25, 0.3) is 0 Å². The fourth-order valence-corrected chi connectivity index (χ4v) is 2.11. The lowest BCUT2D eigenvalue weighted by Gasteiger charge is -2.29. The Morgan fingerprint density at radius 2 is 2.33 bits per heavy atom. The number of nitrogens with zero attached hydrogens (tertiary/aromatic N) is 1. The van der Waals surface area contributed by atoms with Crippen LogP contribution in [0.15, 0.2) is 0 Å². The van der Waals surface area contributed by atoms with Crippen molar-refractivity contribution in [1.29, 1.82) is 0 Å². The molecule has 0 aromatic heterocycles. The normalized spacial score (nSPS) is 25.3. The highest BCUT2D eigenvalue weighted by atomic mass is 32.1. The molecule has 1 rings (SSSR count). The van der Waals surface area contributed by atoms with Crippen molar-refractivity contribution in [1.82, 2.24) is 10.2 Å². The fourth-order valence-electron chi connectivity index (χ4n) is 1.88. The summed E-state index contributed by atoms with van der Waals surface area (Å²) in [4.78, 5) is 2.14. The molecule has 1 N–H and O–H groups in total. The quantitative estimate of drug-likeness (QED) is 0.587. The first-order chi connectivity index (χ1) is 7.16. The van der Waals surface area contributed by atoms with E-state index in [1.807, 2.05) is 0 Å². The van der Waals surface area contributed by atoms with Gasteiger partial charge in [0.05, 0.1) is 12.1 Å². The number of rotatable bonds is 4. The Morgan fingerprint density at radius 1 is 1.60 bits per heavy atom. The van der Waals surface area contributed by atoms with Gasteiger partial charge in [0, 0.05) is 20.2 Å². The molecule has 0 aliphatic carbocycles. The van der Waals surface area contributed by atoms with Crippen LogP contribution in [-0.4, -0.2) is 42.4 Å². The van der Waals surface area contributed by atoms with Gasteiger partial charge < -0.3 is 15.0 Å². The minimum atomic E-state index is 0.293. The van der Waals surface area contributed by atoms with E-state index >= 15 is 0 Å². The maximum absolute atomic E-state index is 5.53. The second-order valence-electron chi connectivity index (χ2n) is 4.13. The minimum absolute atomic E-state index is 0.293. The summed E-state index contributed by atoms with van der Waals surface area (Å²) in [7, 11) is 2.05. The zero-order valence-electron chi connectivity index (χ0n) is 9.95. The Morgan fingerprint density at radius 3 is 2.87 bits per heavy atom. The SMILES string of the molecule is CCCCNC(=S)N(C)C1CCOC1C. The van der Waals surface area contributed by atoms with E-state index in [1.54, 1.807) is 0 Å². The Kier molecular flexibility index (Phi) is 5.32. The summed E-state index contributed by atoms with van der Waals surface area (Å²) < 4.78 is 5.53. The van der Waals surface area contributed by atoms with Crippen molar-refractivity contribution in [3.05, 3.63) is 0 Å². The van der Waals surface area contributed by atoms with Crippen molar-refractivity contribution in [3.63, 3.8) is 0 Å². The summed E-state index contributed by atoms with van der Waals surface area (Å²) in [5.74, 6) is 0. The molecule has 1 aliphatic rings. The molecule has 0 bridgehead atoms. The van der Waals surface area contributed by atoms with E-state index in [9.17, 15) is 0 Å². The van der Waals surface area contributed by atoms with Crippen molar-refractivity contribution in [2.75, 3.05) is 20.2 Å². The fraction of sp³-hybridized carbons (Fsp3) is 0.909. The topological polar surface area (TPSA) is 24.5 Å². The summed E-state index contributed by atoms with van der Waals surface area (Å²) in [6.45, 7) is 6.12. The van der Waals surface area contributed by atoms with E-state index in [0.29, 0.717) is 12.1 Å². The number of likely N-dealkylation sites (N-methyl/N-ethyl adjacent to an activating group) is 1. The van der Waals surface area contributed by atoms with Gasteiger partial charge in [-0.2, -0.15) is 0 Å². The molecule has 0 aromatic carbocycles. The van der Waals surface area contributed by atoms with Crippen molar-refractivity contribution in [2.45, 2.75) is 45.3 Å². The first-order valence-corrected chi connectivity index (χ1v) is 6.20. The van der Waals surface area contributed by atoms with Crippen LogP contribution in [0.2, 0.25) is 0 Å². The van der Waals surface area contributed by atoms with Crippen LogP contribution in [0, 0.1) is 0 Å². The van der Waals surface area contributed by atoms with Gasteiger partial charge in [0.2, 0.25) is 0 Å². The lowest BCUT2D eigenvalue weighted by atomic mass is 10.1. The van der Waals surface area contributed by atoms with Gasteiger partial charge in [0.15, 0.2) is 5.11 Å². The highest BCUT2D eigenvalue weighted by Crippen LogP contribution is 2.18. The Bertz CT molecular complexity index is 211. The predicted octanol–water partition coefficient (Wildman–Crippen LogP) is 1.77. The second-order valence-corrected chi connectivity index (χ2v) is 4.52. The summed E-state index contributed by atoms with van der Waals surface area (Å²) in [5.41, 5.74) is 0. The number of thiocarbonyl (C=S) groups is 1. The monoisotopic (exact) mass is 230 g/mol. The molecule has 88 valence electrons. The van der Waals surface area contributed by atoms with Crippen molar-refractivity contribution in [3.8, 4) is 0 Å². The Hall–Kier alpha value is -0.350. The minimum Gasteiger partial charge on any atom is -0.376 e. The van der Waals surface area contributed by atoms with E-state index in [4.69, 9.17) is 17.0 Å². The average molecular weight is 230 g/mol. The first-order valence-electron chi connectivity index (χ1n) is 5.79. The molecule has 0 aromatic rings. The highest BCUT2D eigenvalue weighted by Gasteiger charge is 2.28. The van der Waals surface area contributed by atoms with Crippen LogP contribution in [0.3, 0.4) is 0 Å². The van der Waals surface area contributed by atoms with Crippen LogP contribution in [0.4, 0.5) is 0 Å². The zero-order valence-corrected chi connectivity index (χ0v) is 10.8. The molecule has 1 aliphatic heterocycles. The maximum Gasteiger partial charge on any atom is 0.169 e. The van der Waals surface area contributed by atoms with Gasteiger partial charge in [-0.15, -0.1) is 0 Å². The smallest absolute Gasteiger partial charge is 0.169 e. The number of hydrogen-bond donors (Lipinski definition) is 1.